The van der Waals surface area contributed by atoms with Crippen molar-refractivity contribution in [3.63, 3.8) is 0 Å². The van der Waals surface area contributed by atoms with Crippen LogP contribution in [-0.2, 0) is 4.74 Å². The number of hydrogen-bond acceptors (Lipinski definition) is 6. The zero-order valence-electron chi connectivity index (χ0n) is 14.7. The van der Waals surface area contributed by atoms with Gasteiger partial charge in [0.15, 0.2) is 0 Å². The Morgan fingerprint density at radius 1 is 1.08 bits per heavy atom. The average molecular weight is 343 g/mol. The van der Waals surface area contributed by atoms with E-state index in [0.717, 1.165) is 61.5 Å². The summed E-state index contributed by atoms with van der Waals surface area (Å²) in [7, 11) is 1.64. The van der Waals surface area contributed by atoms with Crippen LogP contribution in [0, 0.1) is 0 Å². The second kappa shape index (κ2) is 7.44. The Hall–Kier alpha value is -2.08. The van der Waals surface area contributed by atoms with Gasteiger partial charge in [-0.1, -0.05) is 6.42 Å². The second-order valence-electron chi connectivity index (χ2n) is 6.70. The summed E-state index contributed by atoms with van der Waals surface area (Å²) in [4.78, 5) is 11.1. The number of benzene rings is 1. The molecule has 0 unspecified atom stereocenters. The summed E-state index contributed by atoms with van der Waals surface area (Å²) in [6.45, 7) is 3.28. The first-order valence-electron chi connectivity index (χ1n) is 9.17. The lowest BCUT2D eigenvalue weighted by molar-refractivity contribution is 0.122. The highest BCUT2D eigenvalue weighted by molar-refractivity contribution is 5.92. The molecule has 134 valence electrons. The maximum Gasteiger partial charge on any atom is 0.228 e. The van der Waals surface area contributed by atoms with E-state index in [1.807, 2.05) is 0 Å². The maximum absolute atomic E-state index is 6.42. The smallest absolute Gasteiger partial charge is 0.228 e. The van der Waals surface area contributed by atoms with Gasteiger partial charge >= 0.3 is 0 Å². The fourth-order valence-corrected chi connectivity index (χ4v) is 3.73. The number of methoxy groups -OCH3 is 1. The fourth-order valence-electron chi connectivity index (χ4n) is 3.73. The van der Waals surface area contributed by atoms with Crippen LogP contribution in [0.5, 0.6) is 11.6 Å². The SMILES string of the molecule is COc1ncnc2cc(N3CCOCC3)cc(OC3CCCCC3)c12. The van der Waals surface area contributed by atoms with E-state index in [1.54, 1.807) is 13.4 Å². The quantitative estimate of drug-likeness (QED) is 0.850. The third-order valence-corrected chi connectivity index (χ3v) is 5.07. The molecule has 2 aromatic rings. The van der Waals surface area contributed by atoms with Crippen molar-refractivity contribution in [1.82, 2.24) is 9.97 Å². The Morgan fingerprint density at radius 3 is 2.64 bits per heavy atom. The molecule has 4 rings (SSSR count). The van der Waals surface area contributed by atoms with E-state index < -0.39 is 0 Å². The normalized spacial score (nSPS) is 19.2. The highest BCUT2D eigenvalue weighted by Crippen LogP contribution is 2.37. The third kappa shape index (κ3) is 3.49. The van der Waals surface area contributed by atoms with Crippen molar-refractivity contribution in [2.75, 3.05) is 38.3 Å². The summed E-state index contributed by atoms with van der Waals surface area (Å²) < 4.78 is 17.4. The summed E-state index contributed by atoms with van der Waals surface area (Å²) >= 11 is 0. The highest BCUT2D eigenvalue weighted by Gasteiger charge is 2.21. The van der Waals surface area contributed by atoms with Gasteiger partial charge in [0.05, 0.1) is 31.9 Å². The van der Waals surface area contributed by atoms with Gasteiger partial charge in [0.2, 0.25) is 5.88 Å². The molecular formula is C19H25N3O3. The van der Waals surface area contributed by atoms with Gasteiger partial charge in [-0.15, -0.1) is 0 Å². The Labute approximate surface area is 148 Å². The molecule has 1 aliphatic carbocycles. The molecule has 6 nitrogen and oxygen atoms in total. The molecule has 0 bridgehead atoms. The van der Waals surface area contributed by atoms with Gasteiger partial charge in [-0.25, -0.2) is 9.97 Å². The number of rotatable bonds is 4. The van der Waals surface area contributed by atoms with E-state index in [2.05, 4.69) is 27.0 Å². The Bertz CT molecular complexity index is 725. The molecule has 2 heterocycles. The second-order valence-corrected chi connectivity index (χ2v) is 6.70. The molecule has 0 amide bonds. The highest BCUT2D eigenvalue weighted by atomic mass is 16.5. The minimum absolute atomic E-state index is 0.266. The van der Waals surface area contributed by atoms with Gasteiger partial charge in [0, 0.05) is 24.8 Å². The number of nitrogens with zero attached hydrogens (tertiary/aromatic N) is 3. The molecule has 0 spiro atoms. The monoisotopic (exact) mass is 343 g/mol. The van der Waals surface area contributed by atoms with Crippen LogP contribution in [0.3, 0.4) is 0 Å². The first-order valence-corrected chi connectivity index (χ1v) is 9.17. The number of ether oxygens (including phenoxy) is 3. The number of morpholine rings is 1. The first-order chi connectivity index (χ1) is 12.3. The molecule has 0 radical (unpaired) electrons. The minimum Gasteiger partial charge on any atom is -0.489 e. The summed E-state index contributed by atoms with van der Waals surface area (Å²) in [5.74, 6) is 1.41. The van der Waals surface area contributed by atoms with Gasteiger partial charge in [-0.2, -0.15) is 0 Å². The summed E-state index contributed by atoms with van der Waals surface area (Å²) in [5.41, 5.74) is 1.99. The lowest BCUT2D eigenvalue weighted by Crippen LogP contribution is -2.36. The van der Waals surface area contributed by atoms with Gasteiger partial charge < -0.3 is 19.1 Å². The molecule has 2 fully saturated rings. The number of hydrogen-bond donors (Lipinski definition) is 0. The van der Waals surface area contributed by atoms with E-state index in [9.17, 15) is 0 Å². The fraction of sp³-hybridized carbons (Fsp3) is 0.579. The first kappa shape index (κ1) is 16.4. The van der Waals surface area contributed by atoms with Crippen LogP contribution in [0.1, 0.15) is 32.1 Å². The molecule has 1 saturated carbocycles. The van der Waals surface area contributed by atoms with Gasteiger partial charge in [-0.3, -0.25) is 0 Å². The molecule has 1 aromatic carbocycles. The van der Waals surface area contributed by atoms with Crippen molar-refractivity contribution >= 4 is 16.6 Å². The molecule has 2 aliphatic rings. The van der Waals surface area contributed by atoms with Crippen molar-refractivity contribution in [2.24, 2.45) is 0 Å². The number of aromatic nitrogens is 2. The van der Waals surface area contributed by atoms with Crippen molar-refractivity contribution < 1.29 is 14.2 Å². The molecule has 0 N–H and O–H groups in total. The third-order valence-electron chi connectivity index (χ3n) is 5.07. The minimum atomic E-state index is 0.266. The molecule has 0 atom stereocenters. The Balaban J connectivity index is 1.75. The van der Waals surface area contributed by atoms with E-state index in [1.165, 1.54) is 19.3 Å². The van der Waals surface area contributed by atoms with Crippen molar-refractivity contribution in [2.45, 2.75) is 38.2 Å². The van der Waals surface area contributed by atoms with Crippen LogP contribution >= 0.6 is 0 Å². The zero-order valence-corrected chi connectivity index (χ0v) is 14.7. The maximum atomic E-state index is 6.42. The Kier molecular flexibility index (Phi) is 4.88. The number of fused-ring (bicyclic) bond motifs is 1. The van der Waals surface area contributed by atoms with Crippen LogP contribution < -0.4 is 14.4 Å². The molecule has 1 saturated heterocycles. The average Bonchev–Trinajstić information content (AvgIpc) is 2.68. The van der Waals surface area contributed by atoms with Crippen LogP contribution in [0.2, 0.25) is 0 Å². The summed E-state index contributed by atoms with van der Waals surface area (Å²) in [6, 6.07) is 4.22. The van der Waals surface area contributed by atoms with E-state index >= 15 is 0 Å². The van der Waals surface area contributed by atoms with Gasteiger partial charge in [0.25, 0.3) is 0 Å². The van der Waals surface area contributed by atoms with Crippen LogP contribution in [-0.4, -0.2) is 49.5 Å². The predicted molar refractivity (Wildman–Crippen MR) is 96.6 cm³/mol. The largest absolute Gasteiger partial charge is 0.489 e. The van der Waals surface area contributed by atoms with E-state index in [4.69, 9.17) is 14.2 Å². The molecular weight excluding hydrogens is 318 g/mol. The molecule has 6 heteroatoms. The van der Waals surface area contributed by atoms with Gasteiger partial charge in [0.1, 0.15) is 17.5 Å². The lowest BCUT2D eigenvalue weighted by atomic mass is 9.97. The van der Waals surface area contributed by atoms with Crippen LogP contribution in [0.4, 0.5) is 5.69 Å². The van der Waals surface area contributed by atoms with Crippen molar-refractivity contribution in [3.05, 3.63) is 18.5 Å². The topological polar surface area (TPSA) is 56.7 Å². The zero-order chi connectivity index (χ0) is 17.1. The van der Waals surface area contributed by atoms with Gasteiger partial charge in [-0.05, 0) is 31.7 Å². The lowest BCUT2D eigenvalue weighted by Gasteiger charge is -2.30. The number of anilines is 1. The van der Waals surface area contributed by atoms with E-state index in [-0.39, 0.29) is 6.10 Å². The molecule has 25 heavy (non-hydrogen) atoms. The van der Waals surface area contributed by atoms with Crippen molar-refractivity contribution in [3.8, 4) is 11.6 Å². The van der Waals surface area contributed by atoms with Crippen LogP contribution in [0.15, 0.2) is 18.5 Å². The standard InChI is InChI=1S/C19H25N3O3/c1-23-19-18-16(20-13-21-19)11-14(22-7-9-24-10-8-22)12-17(18)25-15-5-3-2-4-6-15/h11-13,15H,2-10H2,1H3. The summed E-state index contributed by atoms with van der Waals surface area (Å²) in [6.07, 6.45) is 7.81. The Morgan fingerprint density at radius 2 is 1.88 bits per heavy atom. The van der Waals surface area contributed by atoms with E-state index in [0.29, 0.717) is 5.88 Å². The molecule has 1 aliphatic heterocycles. The van der Waals surface area contributed by atoms with Crippen molar-refractivity contribution in [1.29, 1.82) is 0 Å². The van der Waals surface area contributed by atoms with Crippen LogP contribution in [0.25, 0.3) is 10.9 Å². The summed E-state index contributed by atoms with van der Waals surface area (Å²) in [5, 5.41) is 0.868. The molecule has 1 aromatic heterocycles. The predicted octanol–water partition coefficient (Wildman–Crippen LogP) is 3.19.